The number of ether oxygens (including phenoxy) is 1. The van der Waals surface area contributed by atoms with Gasteiger partial charge in [-0.05, 0) is 36.2 Å². The first kappa shape index (κ1) is 28.4. The summed E-state index contributed by atoms with van der Waals surface area (Å²) in [7, 11) is -2.79. The number of aliphatic hydroxyl groups excluding tert-OH is 1. The average molecular weight is 554 g/mol. The number of pyridine rings is 1. The zero-order valence-corrected chi connectivity index (χ0v) is 22.9. The van der Waals surface area contributed by atoms with Gasteiger partial charge in [0.15, 0.2) is 0 Å². The maximum absolute atomic E-state index is 14.3. The molecular weight excluding hydrogens is 521 g/mol. The van der Waals surface area contributed by atoms with E-state index in [1.54, 1.807) is 24.1 Å². The van der Waals surface area contributed by atoms with E-state index in [4.69, 9.17) is 4.74 Å². The molecule has 3 aromatic rings. The zero-order chi connectivity index (χ0) is 28.2. The van der Waals surface area contributed by atoms with Crippen LogP contribution in [0.5, 0.6) is 5.88 Å². The van der Waals surface area contributed by atoms with Crippen molar-refractivity contribution in [1.82, 2.24) is 14.2 Å². The van der Waals surface area contributed by atoms with E-state index in [2.05, 4.69) is 4.98 Å². The predicted octanol–water partition coefficient (Wildman–Crippen LogP) is 3.93. The molecule has 1 amide bonds. The van der Waals surface area contributed by atoms with Crippen LogP contribution in [0.4, 0.5) is 4.39 Å². The van der Waals surface area contributed by atoms with Gasteiger partial charge in [0.2, 0.25) is 15.9 Å². The minimum atomic E-state index is -4.15. The van der Waals surface area contributed by atoms with Gasteiger partial charge in [-0.1, -0.05) is 61.5 Å². The van der Waals surface area contributed by atoms with Gasteiger partial charge in [0.05, 0.1) is 19.2 Å². The molecule has 0 saturated carbocycles. The van der Waals surface area contributed by atoms with Gasteiger partial charge in [-0.3, -0.25) is 4.79 Å². The molecule has 39 heavy (non-hydrogen) atoms. The molecule has 1 aliphatic heterocycles. The number of hydrogen-bond acceptors (Lipinski definition) is 6. The summed E-state index contributed by atoms with van der Waals surface area (Å²) in [6.07, 6.45) is 4.60. The van der Waals surface area contributed by atoms with Gasteiger partial charge in [-0.15, -0.1) is 0 Å². The van der Waals surface area contributed by atoms with Crippen molar-refractivity contribution in [3.8, 4) is 5.88 Å². The van der Waals surface area contributed by atoms with E-state index in [-0.39, 0.29) is 43.0 Å². The van der Waals surface area contributed by atoms with Crippen LogP contribution in [-0.2, 0) is 10.0 Å². The molecule has 3 atom stereocenters. The van der Waals surface area contributed by atoms with Gasteiger partial charge in [-0.2, -0.15) is 4.31 Å². The molecule has 8 nitrogen and oxygen atoms in total. The van der Waals surface area contributed by atoms with Crippen LogP contribution in [0.15, 0.2) is 71.8 Å². The van der Waals surface area contributed by atoms with Crippen LogP contribution in [0.1, 0.15) is 35.3 Å². The number of halogens is 1. The second-order valence-corrected chi connectivity index (χ2v) is 11.7. The minimum Gasteiger partial charge on any atom is -0.472 e. The Kier molecular flexibility index (Phi) is 8.79. The lowest BCUT2D eigenvalue weighted by Crippen LogP contribution is -2.50. The molecule has 0 unspecified atom stereocenters. The predicted molar refractivity (Wildman–Crippen MR) is 147 cm³/mol. The second kappa shape index (κ2) is 12.1. The maximum atomic E-state index is 14.3. The summed E-state index contributed by atoms with van der Waals surface area (Å²) in [5, 5.41) is 9.86. The maximum Gasteiger partial charge on any atom is 0.259 e. The Hall–Kier alpha value is -3.60. The molecule has 2 aromatic carbocycles. The topological polar surface area (TPSA) is 100 Å². The van der Waals surface area contributed by atoms with Crippen LogP contribution in [0.25, 0.3) is 12.2 Å². The highest BCUT2D eigenvalue weighted by Crippen LogP contribution is 2.29. The van der Waals surface area contributed by atoms with Crippen LogP contribution < -0.4 is 4.74 Å². The van der Waals surface area contributed by atoms with Crippen molar-refractivity contribution < 1.29 is 27.4 Å². The molecular formula is C29H32FN3O5S. The highest BCUT2D eigenvalue weighted by Gasteiger charge is 2.36. The molecule has 0 saturated heterocycles. The first-order valence-corrected chi connectivity index (χ1v) is 14.1. The average Bonchev–Trinajstić information content (AvgIpc) is 2.94. The molecule has 0 bridgehead atoms. The fourth-order valence-electron chi connectivity index (χ4n) is 4.36. The van der Waals surface area contributed by atoms with Crippen molar-refractivity contribution in [3.05, 3.63) is 89.4 Å². The minimum absolute atomic E-state index is 0.0697. The Morgan fingerprint density at radius 2 is 1.82 bits per heavy atom. The van der Waals surface area contributed by atoms with E-state index in [1.807, 2.05) is 49.4 Å². The third kappa shape index (κ3) is 6.35. The number of nitrogens with zero attached hydrogens (tertiary/aromatic N) is 3. The number of carbonyl (C=O) groups excluding carboxylic acids is 1. The first-order chi connectivity index (χ1) is 18.6. The van der Waals surface area contributed by atoms with Crippen LogP contribution in [-0.4, -0.2) is 72.5 Å². The van der Waals surface area contributed by atoms with Crippen molar-refractivity contribution >= 4 is 28.1 Å². The lowest BCUT2D eigenvalue weighted by Gasteiger charge is -2.37. The van der Waals surface area contributed by atoms with Gasteiger partial charge in [0.25, 0.3) is 5.91 Å². The largest absolute Gasteiger partial charge is 0.472 e. The van der Waals surface area contributed by atoms with Crippen molar-refractivity contribution in [3.63, 3.8) is 0 Å². The van der Waals surface area contributed by atoms with Gasteiger partial charge < -0.3 is 14.7 Å². The van der Waals surface area contributed by atoms with Crippen molar-refractivity contribution in [2.75, 3.05) is 26.7 Å². The van der Waals surface area contributed by atoms with Gasteiger partial charge in [0, 0.05) is 25.7 Å². The number of hydrogen-bond donors (Lipinski definition) is 1. The summed E-state index contributed by atoms with van der Waals surface area (Å²) in [5.41, 5.74) is 1.87. The summed E-state index contributed by atoms with van der Waals surface area (Å²) >= 11 is 0. The summed E-state index contributed by atoms with van der Waals surface area (Å²) in [6, 6.07) is 16.1. The normalized spacial score (nSPS) is 18.9. The standard InChI is InChI=1S/C29H32FN3O5S/c1-20-17-33(21(2)19-34)29(35)24-15-23(14-13-22-9-5-4-6-10-22)16-31-28(24)38-26(20)18-32(3)39(36,37)27-12-8-7-11-25(27)30/h4-16,20-21,26,34H,17-19H2,1-3H3/b14-13+/t20-,21-,26-/m1/s1. The second-order valence-electron chi connectivity index (χ2n) is 9.70. The van der Waals surface area contributed by atoms with Gasteiger partial charge >= 0.3 is 0 Å². The van der Waals surface area contributed by atoms with E-state index in [0.29, 0.717) is 5.56 Å². The van der Waals surface area contributed by atoms with Gasteiger partial charge in [-0.25, -0.2) is 17.8 Å². The lowest BCUT2D eigenvalue weighted by atomic mass is 10.00. The molecule has 10 heteroatoms. The molecule has 0 aliphatic carbocycles. The van der Waals surface area contributed by atoms with Crippen LogP contribution >= 0.6 is 0 Å². The van der Waals surface area contributed by atoms with Crippen molar-refractivity contribution in [2.24, 2.45) is 5.92 Å². The highest BCUT2D eigenvalue weighted by molar-refractivity contribution is 7.89. The smallest absolute Gasteiger partial charge is 0.259 e. The molecule has 0 spiro atoms. The number of sulfonamides is 1. The van der Waals surface area contributed by atoms with E-state index < -0.39 is 32.9 Å². The molecule has 206 valence electrons. The molecule has 1 N–H and O–H groups in total. The highest BCUT2D eigenvalue weighted by atomic mass is 32.2. The number of aromatic nitrogens is 1. The number of aliphatic hydroxyl groups is 1. The molecule has 0 radical (unpaired) electrons. The Bertz CT molecular complexity index is 1450. The van der Waals surface area contributed by atoms with Crippen LogP contribution in [0.2, 0.25) is 0 Å². The third-order valence-corrected chi connectivity index (χ3v) is 8.63. The van der Waals surface area contributed by atoms with Crippen LogP contribution in [0, 0.1) is 11.7 Å². The monoisotopic (exact) mass is 553 g/mol. The fraction of sp³-hybridized carbons (Fsp3) is 0.310. The van der Waals surface area contributed by atoms with E-state index >= 15 is 0 Å². The Morgan fingerprint density at radius 3 is 2.51 bits per heavy atom. The molecule has 1 aliphatic rings. The Morgan fingerprint density at radius 1 is 1.15 bits per heavy atom. The lowest BCUT2D eigenvalue weighted by molar-refractivity contribution is 0.0373. The quantitative estimate of drug-likeness (QED) is 0.454. The number of amides is 1. The Balaban J connectivity index is 1.68. The van der Waals surface area contributed by atoms with Gasteiger partial charge in [0.1, 0.15) is 22.4 Å². The number of benzene rings is 2. The molecule has 4 rings (SSSR count). The molecule has 0 fully saturated rings. The zero-order valence-electron chi connectivity index (χ0n) is 22.1. The Labute approximate surface area is 228 Å². The third-order valence-electron chi connectivity index (χ3n) is 6.77. The number of fused-ring (bicyclic) bond motifs is 1. The summed E-state index contributed by atoms with van der Waals surface area (Å²) in [5.74, 6) is -1.45. The number of rotatable bonds is 8. The van der Waals surface area contributed by atoms with Crippen LogP contribution in [0.3, 0.4) is 0 Å². The summed E-state index contributed by atoms with van der Waals surface area (Å²) < 4.78 is 47.9. The molecule has 1 aromatic heterocycles. The first-order valence-electron chi connectivity index (χ1n) is 12.6. The van der Waals surface area contributed by atoms with Crippen molar-refractivity contribution in [1.29, 1.82) is 0 Å². The number of likely N-dealkylation sites (N-methyl/N-ethyl adjacent to an activating group) is 1. The summed E-state index contributed by atoms with van der Waals surface area (Å²) in [4.78, 5) is 19.1. The van der Waals surface area contributed by atoms with E-state index in [9.17, 15) is 22.7 Å². The molecule has 2 heterocycles. The van der Waals surface area contributed by atoms with E-state index in [1.165, 1.54) is 25.2 Å². The van der Waals surface area contributed by atoms with E-state index in [0.717, 1.165) is 15.9 Å². The summed E-state index contributed by atoms with van der Waals surface area (Å²) in [6.45, 7) is 3.43. The SMILES string of the molecule is C[C@@H]1CN([C@H](C)CO)C(=O)c2cc(/C=C/c3ccccc3)cnc2O[C@@H]1CN(C)S(=O)(=O)c1ccccc1F. The fourth-order valence-corrected chi connectivity index (χ4v) is 5.60. The van der Waals surface area contributed by atoms with Crippen molar-refractivity contribution in [2.45, 2.75) is 30.9 Å². The number of carbonyl (C=O) groups is 1.